The van der Waals surface area contributed by atoms with Gasteiger partial charge in [-0.15, -0.1) is 0 Å². The van der Waals surface area contributed by atoms with Gasteiger partial charge in [0.25, 0.3) is 5.91 Å². The van der Waals surface area contributed by atoms with Crippen LogP contribution in [0, 0.1) is 6.07 Å². The van der Waals surface area contributed by atoms with Crippen molar-refractivity contribution in [3.05, 3.63) is 66.2 Å². The first-order chi connectivity index (χ1) is 10.7. The van der Waals surface area contributed by atoms with Gasteiger partial charge >= 0.3 is 0 Å². The van der Waals surface area contributed by atoms with Crippen LogP contribution in [0.1, 0.15) is 10.4 Å². The molecule has 0 spiro atoms. The van der Waals surface area contributed by atoms with Crippen molar-refractivity contribution in [2.45, 2.75) is 0 Å². The minimum Gasteiger partial charge on any atom is -0.506 e. The van der Waals surface area contributed by atoms with Crippen LogP contribution in [0.3, 0.4) is 0 Å². The predicted octanol–water partition coefficient (Wildman–Crippen LogP) is 3.61. The molecule has 3 aromatic rings. The fourth-order valence-corrected chi connectivity index (χ4v) is 2.23. The molecule has 0 heterocycles. The van der Waals surface area contributed by atoms with E-state index in [0.717, 1.165) is 10.8 Å². The highest BCUT2D eigenvalue weighted by atomic mass is 16.5. The van der Waals surface area contributed by atoms with Gasteiger partial charge in [-0.2, -0.15) is 0 Å². The number of carbonyl (C=O) groups excluding carboxylic acids is 1. The molecule has 4 nitrogen and oxygen atoms in total. The van der Waals surface area contributed by atoms with Crippen LogP contribution >= 0.6 is 0 Å². The maximum Gasteiger partial charge on any atom is 0.255 e. The van der Waals surface area contributed by atoms with Crippen molar-refractivity contribution in [2.75, 3.05) is 12.4 Å². The van der Waals surface area contributed by atoms with E-state index in [9.17, 15) is 9.90 Å². The summed E-state index contributed by atoms with van der Waals surface area (Å²) in [4.78, 5) is 12.3. The molecule has 0 atom stereocenters. The Morgan fingerprint density at radius 2 is 2.05 bits per heavy atom. The summed E-state index contributed by atoms with van der Waals surface area (Å²) in [6.45, 7) is 0. The fourth-order valence-electron chi connectivity index (χ4n) is 2.23. The molecular formula is C18H14NO3. The highest BCUT2D eigenvalue weighted by Gasteiger charge is 2.10. The second-order valence-corrected chi connectivity index (χ2v) is 4.83. The van der Waals surface area contributed by atoms with Gasteiger partial charge in [0.15, 0.2) is 0 Å². The Hall–Kier alpha value is -3.01. The Balaban J connectivity index is 1.91. The summed E-state index contributed by atoms with van der Waals surface area (Å²) in [6, 6.07) is 18.6. The number of hydrogen-bond acceptors (Lipinski definition) is 3. The largest absolute Gasteiger partial charge is 0.506 e. The molecule has 0 fully saturated rings. The van der Waals surface area contributed by atoms with Crippen LogP contribution in [0.15, 0.2) is 54.6 Å². The van der Waals surface area contributed by atoms with Crippen LogP contribution in [0.2, 0.25) is 0 Å². The van der Waals surface area contributed by atoms with E-state index in [-0.39, 0.29) is 11.7 Å². The molecule has 0 saturated carbocycles. The molecule has 0 aliphatic carbocycles. The van der Waals surface area contributed by atoms with E-state index in [1.54, 1.807) is 55.6 Å². The number of nitrogens with one attached hydrogen (secondary N) is 1. The minimum atomic E-state index is -0.312. The molecular weight excluding hydrogens is 278 g/mol. The van der Waals surface area contributed by atoms with Crippen LogP contribution in [0.5, 0.6) is 11.5 Å². The fraction of sp³-hybridized carbons (Fsp3) is 0.0556. The van der Waals surface area contributed by atoms with Gasteiger partial charge < -0.3 is 15.2 Å². The SMILES string of the molecule is COc1cccc(C(=O)Nc2cc3c[c]ccc3cc2O)c1. The summed E-state index contributed by atoms with van der Waals surface area (Å²) in [5.74, 6) is 0.313. The number of rotatable bonds is 3. The number of phenols is 1. The van der Waals surface area contributed by atoms with E-state index < -0.39 is 0 Å². The van der Waals surface area contributed by atoms with Gasteiger partial charge in [-0.1, -0.05) is 18.2 Å². The maximum absolute atomic E-state index is 12.3. The molecule has 0 bridgehead atoms. The van der Waals surface area contributed by atoms with E-state index >= 15 is 0 Å². The first kappa shape index (κ1) is 13.9. The zero-order valence-corrected chi connectivity index (χ0v) is 12.0. The normalized spacial score (nSPS) is 10.4. The van der Waals surface area contributed by atoms with E-state index in [2.05, 4.69) is 11.4 Å². The van der Waals surface area contributed by atoms with Crippen LogP contribution in [0.4, 0.5) is 5.69 Å². The Bertz CT molecular complexity index is 843. The average Bonchev–Trinajstić information content (AvgIpc) is 2.55. The summed E-state index contributed by atoms with van der Waals surface area (Å²) in [6.07, 6.45) is 0. The minimum absolute atomic E-state index is 0.0231. The summed E-state index contributed by atoms with van der Waals surface area (Å²) in [5, 5.41) is 14.5. The van der Waals surface area contributed by atoms with Crippen molar-refractivity contribution in [3.8, 4) is 11.5 Å². The first-order valence-electron chi connectivity index (χ1n) is 6.75. The molecule has 0 aliphatic heterocycles. The zero-order valence-electron chi connectivity index (χ0n) is 12.0. The standard InChI is InChI=1S/C18H14NO3/c1-22-15-8-4-7-14(9-15)18(21)19-16-10-12-5-2-3-6-13(12)11-17(16)20/h3-11,20H,1H3,(H,19,21). The first-order valence-corrected chi connectivity index (χ1v) is 6.75. The molecule has 3 aromatic carbocycles. The second kappa shape index (κ2) is 5.77. The van der Waals surface area contributed by atoms with Crippen molar-refractivity contribution in [3.63, 3.8) is 0 Å². The maximum atomic E-state index is 12.3. The number of amides is 1. The number of aromatic hydroxyl groups is 1. The Labute approximate surface area is 128 Å². The number of phenolic OH excluding ortho intramolecular Hbond substituents is 1. The van der Waals surface area contributed by atoms with E-state index in [1.165, 1.54) is 0 Å². The predicted molar refractivity (Wildman–Crippen MR) is 85.4 cm³/mol. The number of hydrogen-bond donors (Lipinski definition) is 2. The van der Waals surface area contributed by atoms with E-state index in [4.69, 9.17) is 4.74 Å². The van der Waals surface area contributed by atoms with Gasteiger partial charge in [-0.25, -0.2) is 0 Å². The Morgan fingerprint density at radius 1 is 1.18 bits per heavy atom. The number of benzene rings is 3. The van der Waals surface area contributed by atoms with Gasteiger partial charge in [0.05, 0.1) is 12.8 Å². The number of ether oxygens (including phenoxy) is 1. The Morgan fingerprint density at radius 3 is 2.86 bits per heavy atom. The number of carbonyl (C=O) groups is 1. The summed E-state index contributed by atoms with van der Waals surface area (Å²) in [5.41, 5.74) is 0.818. The monoisotopic (exact) mass is 292 g/mol. The molecule has 22 heavy (non-hydrogen) atoms. The number of methoxy groups -OCH3 is 1. The molecule has 0 unspecified atom stereocenters. The third-order valence-corrected chi connectivity index (χ3v) is 3.38. The number of fused-ring (bicyclic) bond motifs is 1. The van der Waals surface area contributed by atoms with Crippen molar-refractivity contribution in [2.24, 2.45) is 0 Å². The van der Waals surface area contributed by atoms with Crippen molar-refractivity contribution in [1.82, 2.24) is 0 Å². The number of anilines is 1. The van der Waals surface area contributed by atoms with E-state index in [1.807, 2.05) is 6.07 Å². The van der Waals surface area contributed by atoms with Gasteiger partial charge in [0.1, 0.15) is 11.5 Å². The van der Waals surface area contributed by atoms with E-state index in [0.29, 0.717) is 17.0 Å². The molecule has 2 N–H and O–H groups in total. The smallest absolute Gasteiger partial charge is 0.255 e. The van der Waals surface area contributed by atoms with Crippen molar-refractivity contribution < 1.29 is 14.6 Å². The van der Waals surface area contributed by atoms with Gasteiger partial charge in [-0.3, -0.25) is 4.79 Å². The van der Waals surface area contributed by atoms with Crippen LogP contribution in [0.25, 0.3) is 10.8 Å². The summed E-state index contributed by atoms with van der Waals surface area (Å²) >= 11 is 0. The quantitative estimate of drug-likeness (QED) is 0.725. The summed E-state index contributed by atoms with van der Waals surface area (Å²) in [7, 11) is 1.54. The Kier molecular flexibility index (Phi) is 3.66. The summed E-state index contributed by atoms with van der Waals surface area (Å²) < 4.78 is 5.10. The lowest BCUT2D eigenvalue weighted by Crippen LogP contribution is -2.12. The van der Waals surface area contributed by atoms with Crippen molar-refractivity contribution in [1.29, 1.82) is 0 Å². The van der Waals surface area contributed by atoms with Gasteiger partial charge in [0.2, 0.25) is 0 Å². The molecule has 0 saturated heterocycles. The second-order valence-electron chi connectivity index (χ2n) is 4.83. The lowest BCUT2D eigenvalue weighted by atomic mass is 10.1. The van der Waals surface area contributed by atoms with Crippen LogP contribution in [-0.4, -0.2) is 18.1 Å². The highest BCUT2D eigenvalue weighted by molar-refractivity contribution is 6.06. The highest BCUT2D eigenvalue weighted by Crippen LogP contribution is 2.29. The third kappa shape index (κ3) is 2.72. The van der Waals surface area contributed by atoms with Crippen LogP contribution in [-0.2, 0) is 0 Å². The lowest BCUT2D eigenvalue weighted by molar-refractivity contribution is 0.102. The molecule has 0 aromatic heterocycles. The molecule has 1 radical (unpaired) electrons. The molecule has 3 rings (SSSR count). The van der Waals surface area contributed by atoms with Crippen molar-refractivity contribution >= 4 is 22.4 Å². The molecule has 109 valence electrons. The average molecular weight is 292 g/mol. The zero-order chi connectivity index (χ0) is 15.5. The lowest BCUT2D eigenvalue weighted by Gasteiger charge is -2.10. The van der Waals surface area contributed by atoms with Crippen LogP contribution < -0.4 is 10.1 Å². The van der Waals surface area contributed by atoms with Gasteiger partial charge in [0, 0.05) is 5.56 Å². The topological polar surface area (TPSA) is 58.6 Å². The molecule has 4 heteroatoms. The van der Waals surface area contributed by atoms with Gasteiger partial charge in [-0.05, 0) is 53.2 Å². The third-order valence-electron chi connectivity index (χ3n) is 3.38. The molecule has 0 aliphatic rings. The molecule has 1 amide bonds.